The van der Waals surface area contributed by atoms with Crippen LogP contribution in [0.1, 0.15) is 43.1 Å². The fraction of sp³-hybridized carbons (Fsp3) is 0.367. The second-order valence-corrected chi connectivity index (χ2v) is 10.1. The fourth-order valence-electron chi connectivity index (χ4n) is 3.83. The van der Waals surface area contributed by atoms with E-state index in [1.165, 1.54) is 20.8 Å². The molecule has 0 heterocycles. The van der Waals surface area contributed by atoms with E-state index in [0.29, 0.717) is 5.56 Å². The molecular formula is C30H39N7O7. The van der Waals surface area contributed by atoms with E-state index in [2.05, 4.69) is 31.9 Å². The highest BCUT2D eigenvalue weighted by Gasteiger charge is 2.28. The minimum Gasteiger partial charge on any atom is -0.368 e. The fourth-order valence-corrected chi connectivity index (χ4v) is 3.83. The monoisotopic (exact) mass is 609 g/mol. The maximum absolute atomic E-state index is 13.2. The number of carbonyl (C=O) groups excluding carboxylic acids is 7. The number of carbonyl (C=O) groups is 7. The zero-order valence-corrected chi connectivity index (χ0v) is 24.8. The minimum absolute atomic E-state index is 0.0539. The predicted octanol–water partition coefficient (Wildman–Crippen LogP) is -1.35. The van der Waals surface area contributed by atoms with Crippen LogP contribution in [0.15, 0.2) is 60.7 Å². The molecule has 0 aliphatic carbocycles. The van der Waals surface area contributed by atoms with Crippen molar-refractivity contribution < 1.29 is 33.6 Å². The lowest BCUT2D eigenvalue weighted by molar-refractivity contribution is -0.134. The molecule has 44 heavy (non-hydrogen) atoms. The van der Waals surface area contributed by atoms with Crippen molar-refractivity contribution in [1.82, 2.24) is 31.9 Å². The molecule has 0 spiro atoms. The first kappa shape index (κ1) is 34.9. The predicted molar refractivity (Wildman–Crippen MR) is 160 cm³/mol. The molecule has 14 heteroatoms. The first-order valence-electron chi connectivity index (χ1n) is 14.0. The summed E-state index contributed by atoms with van der Waals surface area (Å²) in [5, 5.41) is 15.0. The molecule has 0 aliphatic rings. The number of hydrogen-bond donors (Lipinski definition) is 7. The summed E-state index contributed by atoms with van der Waals surface area (Å²) in [7, 11) is 0. The van der Waals surface area contributed by atoms with Crippen molar-refractivity contribution in [1.29, 1.82) is 0 Å². The number of rotatable bonds is 16. The van der Waals surface area contributed by atoms with Crippen molar-refractivity contribution in [2.24, 2.45) is 5.73 Å². The molecule has 7 amide bonds. The van der Waals surface area contributed by atoms with Crippen LogP contribution >= 0.6 is 0 Å². The topological polar surface area (TPSA) is 218 Å². The summed E-state index contributed by atoms with van der Waals surface area (Å²) in [6.45, 7) is 3.92. The van der Waals surface area contributed by atoms with Crippen molar-refractivity contribution in [2.45, 2.75) is 57.8 Å². The number of nitrogens with one attached hydrogen (secondary N) is 6. The molecule has 8 N–H and O–H groups in total. The molecule has 4 atom stereocenters. The van der Waals surface area contributed by atoms with Gasteiger partial charge in [-0.05, 0) is 38.5 Å². The normalized spacial score (nSPS) is 13.2. The van der Waals surface area contributed by atoms with E-state index in [0.717, 1.165) is 5.56 Å². The SMILES string of the molecule is C[C@H](NC(=O)CCNC(=O)c1ccccc1)C(=O)N[C@@H](Cc1ccccc1)C(=O)N[C@@H](C)C(=O)N[C@@H](C)C(=O)NCC(N)=O. The molecule has 0 saturated heterocycles. The highest BCUT2D eigenvalue weighted by molar-refractivity contribution is 5.96. The average Bonchev–Trinajstić information content (AvgIpc) is 3.00. The smallest absolute Gasteiger partial charge is 0.251 e. The average molecular weight is 610 g/mol. The van der Waals surface area contributed by atoms with Crippen LogP contribution < -0.4 is 37.6 Å². The van der Waals surface area contributed by atoms with Gasteiger partial charge in [-0.25, -0.2) is 0 Å². The molecule has 14 nitrogen and oxygen atoms in total. The highest BCUT2D eigenvalue weighted by Crippen LogP contribution is 2.05. The van der Waals surface area contributed by atoms with Crippen LogP contribution in [0.4, 0.5) is 0 Å². The maximum Gasteiger partial charge on any atom is 0.251 e. The van der Waals surface area contributed by atoms with Gasteiger partial charge in [-0.2, -0.15) is 0 Å². The van der Waals surface area contributed by atoms with Crippen LogP contribution in [0.25, 0.3) is 0 Å². The van der Waals surface area contributed by atoms with Crippen molar-refractivity contribution in [2.75, 3.05) is 13.1 Å². The molecule has 0 bridgehead atoms. The summed E-state index contributed by atoms with van der Waals surface area (Å²) in [5.41, 5.74) is 6.19. The Morgan fingerprint density at radius 3 is 1.77 bits per heavy atom. The number of amides is 7. The molecule has 0 unspecified atom stereocenters. The number of hydrogen-bond acceptors (Lipinski definition) is 7. The Hall–Kier alpha value is -5.27. The summed E-state index contributed by atoms with van der Waals surface area (Å²) in [4.78, 5) is 86.2. The van der Waals surface area contributed by atoms with Crippen LogP contribution in [-0.2, 0) is 35.2 Å². The van der Waals surface area contributed by atoms with Gasteiger partial charge in [-0.1, -0.05) is 48.5 Å². The van der Waals surface area contributed by atoms with Crippen LogP contribution in [0, 0.1) is 0 Å². The molecule has 0 radical (unpaired) electrons. The zero-order chi connectivity index (χ0) is 32.6. The largest absolute Gasteiger partial charge is 0.368 e. The summed E-state index contributed by atoms with van der Waals surface area (Å²) in [6.07, 6.45) is 0.0145. The van der Waals surface area contributed by atoms with Crippen molar-refractivity contribution >= 4 is 41.4 Å². The van der Waals surface area contributed by atoms with Crippen molar-refractivity contribution in [3.8, 4) is 0 Å². The third-order valence-corrected chi connectivity index (χ3v) is 6.30. The molecule has 0 aromatic heterocycles. The molecule has 0 aliphatic heterocycles. The van der Waals surface area contributed by atoms with Gasteiger partial charge in [0.25, 0.3) is 5.91 Å². The third-order valence-electron chi connectivity index (χ3n) is 6.30. The van der Waals surface area contributed by atoms with E-state index < -0.39 is 66.2 Å². The highest BCUT2D eigenvalue weighted by atomic mass is 16.2. The maximum atomic E-state index is 13.2. The lowest BCUT2D eigenvalue weighted by atomic mass is 10.0. The quantitative estimate of drug-likeness (QED) is 0.121. The van der Waals surface area contributed by atoms with Gasteiger partial charge in [0.05, 0.1) is 6.54 Å². The summed E-state index contributed by atoms with van der Waals surface area (Å²) in [5.74, 6) is -4.18. The van der Waals surface area contributed by atoms with Crippen molar-refractivity contribution in [3.05, 3.63) is 71.8 Å². The van der Waals surface area contributed by atoms with E-state index in [9.17, 15) is 33.6 Å². The van der Waals surface area contributed by atoms with E-state index in [4.69, 9.17) is 5.73 Å². The zero-order valence-electron chi connectivity index (χ0n) is 24.8. The molecule has 0 fully saturated rings. The Kier molecular flexibility index (Phi) is 14.0. The van der Waals surface area contributed by atoms with E-state index in [-0.39, 0.29) is 25.3 Å². The van der Waals surface area contributed by atoms with E-state index in [1.54, 1.807) is 60.7 Å². The first-order chi connectivity index (χ1) is 20.9. The van der Waals surface area contributed by atoms with E-state index in [1.807, 2.05) is 0 Å². The van der Waals surface area contributed by atoms with Gasteiger partial charge in [0.15, 0.2) is 0 Å². The Balaban J connectivity index is 1.94. The first-order valence-corrected chi connectivity index (χ1v) is 14.0. The van der Waals surface area contributed by atoms with Crippen LogP contribution in [0.5, 0.6) is 0 Å². The molecule has 0 saturated carbocycles. The number of benzene rings is 2. The van der Waals surface area contributed by atoms with Gasteiger partial charge in [-0.15, -0.1) is 0 Å². The van der Waals surface area contributed by atoms with Gasteiger partial charge in [0, 0.05) is 24.9 Å². The van der Waals surface area contributed by atoms with Gasteiger partial charge in [0.1, 0.15) is 24.2 Å². The van der Waals surface area contributed by atoms with Crippen LogP contribution in [0.3, 0.4) is 0 Å². The standard InChI is InChI=1S/C30H39N7O7/c1-18(26(40)33-17-24(31)38)35-27(41)20(3)36-30(44)23(16-21-10-6-4-7-11-21)37-28(42)19(2)34-25(39)14-15-32-29(43)22-12-8-5-9-13-22/h4-13,18-20,23H,14-17H2,1-3H3,(H2,31,38)(H,32,43)(H,33,40)(H,34,39)(H,35,41)(H,36,44)(H,37,42)/t18-,19-,20-,23-/m0/s1. The second-order valence-electron chi connectivity index (χ2n) is 10.1. The molecule has 2 aromatic rings. The van der Waals surface area contributed by atoms with Gasteiger partial charge in [0.2, 0.25) is 35.4 Å². The molecule has 2 rings (SSSR count). The molecule has 2 aromatic carbocycles. The minimum atomic E-state index is -1.11. The second kappa shape index (κ2) is 17.6. The summed E-state index contributed by atoms with van der Waals surface area (Å²) >= 11 is 0. The Morgan fingerprint density at radius 2 is 1.16 bits per heavy atom. The third kappa shape index (κ3) is 12.3. The Labute approximate surface area is 255 Å². The van der Waals surface area contributed by atoms with Gasteiger partial charge >= 0.3 is 0 Å². The summed E-state index contributed by atoms with van der Waals surface area (Å²) in [6, 6.07) is 13.2. The Morgan fingerprint density at radius 1 is 0.636 bits per heavy atom. The summed E-state index contributed by atoms with van der Waals surface area (Å²) < 4.78 is 0. The lowest BCUT2D eigenvalue weighted by Crippen LogP contribution is -2.57. The number of primary amides is 1. The lowest BCUT2D eigenvalue weighted by Gasteiger charge is -2.24. The molecular weight excluding hydrogens is 570 g/mol. The van der Waals surface area contributed by atoms with Crippen molar-refractivity contribution in [3.63, 3.8) is 0 Å². The van der Waals surface area contributed by atoms with E-state index >= 15 is 0 Å². The van der Waals surface area contributed by atoms with Gasteiger partial charge in [-0.3, -0.25) is 33.6 Å². The van der Waals surface area contributed by atoms with Crippen LogP contribution in [-0.4, -0.2) is 78.6 Å². The Bertz CT molecular complexity index is 1320. The molecule has 236 valence electrons. The number of nitrogens with two attached hydrogens (primary N) is 1. The van der Waals surface area contributed by atoms with Crippen LogP contribution in [0.2, 0.25) is 0 Å². The van der Waals surface area contributed by atoms with Gasteiger partial charge < -0.3 is 37.6 Å².